The molecule has 6 heteroatoms. The van der Waals surface area contributed by atoms with Gasteiger partial charge in [0.25, 0.3) is 0 Å². The van der Waals surface area contributed by atoms with E-state index in [0.717, 1.165) is 96.3 Å². The number of carbonyl (C=O) groups excluding carboxylic acids is 2. The normalized spacial score (nSPS) is 14.2. The van der Waals surface area contributed by atoms with E-state index in [0.29, 0.717) is 19.3 Å². The van der Waals surface area contributed by atoms with E-state index in [1.807, 2.05) is 6.08 Å². The molecule has 0 heterocycles. The van der Waals surface area contributed by atoms with Crippen LogP contribution in [0.3, 0.4) is 0 Å². The Labute approximate surface area is 388 Å². The first-order valence-electron chi connectivity index (χ1n) is 25.6. The van der Waals surface area contributed by atoms with E-state index < -0.39 is 18.2 Å². The maximum Gasteiger partial charge on any atom is 0.306 e. The summed E-state index contributed by atoms with van der Waals surface area (Å²) < 4.78 is 5.80. The summed E-state index contributed by atoms with van der Waals surface area (Å²) in [4.78, 5) is 26.1. The van der Waals surface area contributed by atoms with E-state index in [9.17, 15) is 19.8 Å². The highest BCUT2D eigenvalue weighted by Gasteiger charge is 2.23. The van der Waals surface area contributed by atoms with E-state index in [1.165, 1.54) is 70.6 Å². The number of hydrogen-bond donors (Lipinski definition) is 3. The van der Waals surface area contributed by atoms with Crippen molar-refractivity contribution in [1.29, 1.82) is 0 Å². The Morgan fingerprint density at radius 1 is 0.492 bits per heavy atom. The van der Waals surface area contributed by atoms with Crippen molar-refractivity contribution in [2.75, 3.05) is 6.61 Å². The molecule has 0 aromatic carbocycles. The molecule has 1 amide bonds. The third-order valence-electron chi connectivity index (χ3n) is 10.8. The third kappa shape index (κ3) is 44.9. The van der Waals surface area contributed by atoms with Crippen molar-refractivity contribution in [3.8, 4) is 0 Å². The Morgan fingerprint density at radius 2 is 0.889 bits per heavy atom. The Morgan fingerprint density at radius 3 is 1.33 bits per heavy atom. The number of ether oxygens (including phenoxy) is 1. The molecular weight excluding hydrogens is 779 g/mol. The summed E-state index contributed by atoms with van der Waals surface area (Å²) in [6, 6.07) is -0.755. The topological polar surface area (TPSA) is 95.9 Å². The summed E-state index contributed by atoms with van der Waals surface area (Å²) in [6.45, 7) is 6.20. The number of amides is 1. The molecule has 0 rings (SSSR count). The van der Waals surface area contributed by atoms with E-state index in [2.05, 4.69) is 123 Å². The van der Waals surface area contributed by atoms with Crippen LogP contribution in [0.4, 0.5) is 0 Å². The van der Waals surface area contributed by atoms with Crippen LogP contribution in [0.2, 0.25) is 0 Å². The fourth-order valence-electron chi connectivity index (χ4n) is 7.03. The Balaban J connectivity index is 4.79. The van der Waals surface area contributed by atoms with Crippen LogP contribution >= 0.6 is 0 Å². The maximum absolute atomic E-state index is 13.2. The lowest BCUT2D eigenvalue weighted by Crippen LogP contribution is -2.46. The van der Waals surface area contributed by atoms with Gasteiger partial charge >= 0.3 is 5.97 Å². The van der Waals surface area contributed by atoms with Crippen molar-refractivity contribution in [1.82, 2.24) is 5.32 Å². The molecule has 0 saturated heterocycles. The van der Waals surface area contributed by atoms with Crippen molar-refractivity contribution in [2.45, 2.75) is 232 Å². The number of hydrogen-bond acceptors (Lipinski definition) is 5. The van der Waals surface area contributed by atoms with Gasteiger partial charge in [-0.1, -0.05) is 220 Å². The van der Waals surface area contributed by atoms with Gasteiger partial charge < -0.3 is 20.3 Å². The second kappa shape index (κ2) is 49.5. The zero-order valence-corrected chi connectivity index (χ0v) is 40.7. The molecule has 0 aliphatic rings. The number of aliphatic hydroxyl groups excluding tert-OH is 2. The minimum absolute atomic E-state index is 0.0651. The molecule has 3 atom stereocenters. The van der Waals surface area contributed by atoms with Crippen molar-refractivity contribution in [2.24, 2.45) is 0 Å². The monoisotopic (exact) mass is 874 g/mol. The molecule has 0 fully saturated rings. The van der Waals surface area contributed by atoms with Crippen molar-refractivity contribution < 1.29 is 24.5 Å². The zero-order valence-electron chi connectivity index (χ0n) is 40.7. The predicted octanol–water partition coefficient (Wildman–Crippen LogP) is 15.5. The van der Waals surface area contributed by atoms with Crippen LogP contribution in [0.25, 0.3) is 0 Å². The fourth-order valence-corrected chi connectivity index (χ4v) is 7.03. The highest BCUT2D eigenvalue weighted by Crippen LogP contribution is 2.15. The fraction of sp³-hybridized carbons (Fsp3) is 0.649. The first-order chi connectivity index (χ1) is 31.0. The van der Waals surface area contributed by atoms with Crippen LogP contribution in [0.1, 0.15) is 213 Å². The molecule has 3 N–H and O–H groups in total. The van der Waals surface area contributed by atoms with Crippen molar-refractivity contribution in [3.05, 3.63) is 109 Å². The quantitative estimate of drug-likeness (QED) is 0.0322. The van der Waals surface area contributed by atoms with E-state index in [-0.39, 0.29) is 24.9 Å². The summed E-state index contributed by atoms with van der Waals surface area (Å²) in [7, 11) is 0. The van der Waals surface area contributed by atoms with Crippen LogP contribution in [0.5, 0.6) is 0 Å². The number of unbranched alkanes of at least 4 members (excludes halogenated alkanes) is 16. The molecule has 0 radical (unpaired) electrons. The summed E-state index contributed by atoms with van der Waals surface area (Å²) in [5.41, 5.74) is 0. The molecule has 0 aromatic heterocycles. The van der Waals surface area contributed by atoms with Gasteiger partial charge in [-0.05, 0) is 89.5 Å². The van der Waals surface area contributed by atoms with Gasteiger partial charge in [0, 0.05) is 6.42 Å². The summed E-state index contributed by atoms with van der Waals surface area (Å²) in [5.74, 6) is -0.674. The van der Waals surface area contributed by atoms with Gasteiger partial charge in [-0.15, -0.1) is 0 Å². The van der Waals surface area contributed by atoms with Crippen LogP contribution < -0.4 is 5.32 Å². The highest BCUT2D eigenvalue weighted by molar-refractivity contribution is 5.78. The van der Waals surface area contributed by atoms with Crippen molar-refractivity contribution in [3.63, 3.8) is 0 Å². The summed E-state index contributed by atoms with van der Waals surface area (Å²) >= 11 is 0. The van der Waals surface area contributed by atoms with E-state index >= 15 is 0 Å². The Hall–Kier alpha value is -3.48. The average Bonchev–Trinajstić information content (AvgIpc) is 3.28. The molecule has 0 spiro atoms. The van der Waals surface area contributed by atoms with Crippen LogP contribution in [-0.4, -0.2) is 46.9 Å². The third-order valence-corrected chi connectivity index (χ3v) is 10.8. The van der Waals surface area contributed by atoms with Gasteiger partial charge in [0.2, 0.25) is 5.91 Å². The number of aliphatic hydroxyl groups is 2. The number of rotatable bonds is 44. The molecule has 0 aliphatic carbocycles. The Bertz CT molecular complexity index is 1300. The molecule has 0 aromatic rings. The van der Waals surface area contributed by atoms with Crippen LogP contribution in [0, 0.1) is 0 Å². The van der Waals surface area contributed by atoms with Gasteiger partial charge in [-0.3, -0.25) is 9.59 Å². The van der Waals surface area contributed by atoms with Crippen LogP contribution in [-0.2, 0) is 14.3 Å². The van der Waals surface area contributed by atoms with Gasteiger partial charge in [0.1, 0.15) is 6.10 Å². The molecule has 6 nitrogen and oxygen atoms in total. The van der Waals surface area contributed by atoms with Crippen LogP contribution in [0.15, 0.2) is 109 Å². The number of esters is 1. The van der Waals surface area contributed by atoms with Gasteiger partial charge in [0.15, 0.2) is 0 Å². The zero-order chi connectivity index (χ0) is 45.9. The lowest BCUT2D eigenvalue weighted by Gasteiger charge is -2.23. The standard InChI is InChI=1S/C57H95NO5/c1-4-7-10-13-16-19-22-25-28-29-32-35-38-41-44-47-50-57(62)63-53(48-45-42-39-36-33-30-26-23-20-17-14-11-8-5-2)51-56(61)58-54(52-59)55(60)49-46-43-40-37-34-31-27-24-21-18-15-12-9-6-3/h7-8,10-11,16-17,19-20,25-26,28,30,32,35-36,39,45,48,53-55,59-60H,4-6,9,12-15,18,21-24,27,29,31,33-34,37-38,40-44,46-47,49-52H2,1-3H3,(H,58,61)/b10-7+,11-8+,19-16+,20-17+,28-25+,30-26+,35-32+,39-36+,48-45+. The minimum atomic E-state index is -0.831. The number of allylic oxidation sites excluding steroid dienone is 17. The van der Waals surface area contributed by atoms with Crippen molar-refractivity contribution >= 4 is 11.9 Å². The highest BCUT2D eigenvalue weighted by atomic mass is 16.5. The number of carbonyl (C=O) groups is 2. The lowest BCUT2D eigenvalue weighted by atomic mass is 10.0. The molecule has 63 heavy (non-hydrogen) atoms. The largest absolute Gasteiger partial charge is 0.458 e. The molecular formula is C57H95NO5. The van der Waals surface area contributed by atoms with E-state index in [1.54, 1.807) is 6.08 Å². The average molecular weight is 874 g/mol. The Kier molecular flexibility index (Phi) is 46.8. The van der Waals surface area contributed by atoms with Gasteiger partial charge in [-0.25, -0.2) is 0 Å². The molecule has 0 aliphatic heterocycles. The predicted molar refractivity (Wildman–Crippen MR) is 273 cm³/mol. The summed E-state index contributed by atoms with van der Waals surface area (Å²) in [6.07, 6.45) is 67.5. The summed E-state index contributed by atoms with van der Waals surface area (Å²) in [5, 5.41) is 23.7. The minimum Gasteiger partial charge on any atom is -0.458 e. The smallest absolute Gasteiger partial charge is 0.306 e. The number of nitrogens with one attached hydrogen (secondary N) is 1. The first kappa shape index (κ1) is 59.5. The SMILES string of the molecule is CC/C=C/C/C=C/C/C=C/C/C=C/C/C=C/C(CC(=O)NC(CO)C(O)CCCCCCCCCCCCCCCC)OC(=O)CCCCC/C=C/C/C=C/C/C=C/C/C=C/CC. The first-order valence-corrected chi connectivity index (χ1v) is 25.6. The second-order valence-corrected chi connectivity index (χ2v) is 16.8. The molecule has 3 unspecified atom stereocenters. The molecule has 358 valence electrons. The maximum atomic E-state index is 13.2. The second-order valence-electron chi connectivity index (χ2n) is 16.8. The molecule has 0 bridgehead atoms. The lowest BCUT2D eigenvalue weighted by molar-refractivity contribution is -0.148. The molecule has 0 saturated carbocycles. The van der Waals surface area contributed by atoms with Gasteiger partial charge in [0.05, 0.1) is 25.2 Å². The van der Waals surface area contributed by atoms with E-state index in [4.69, 9.17) is 4.74 Å². The van der Waals surface area contributed by atoms with Gasteiger partial charge in [-0.2, -0.15) is 0 Å².